The summed E-state index contributed by atoms with van der Waals surface area (Å²) in [6.45, 7) is 6.57. The standard InChI is InChI=1S/C24H25ClN2O7/c1-12(2)7-20(29)27-21-17-6-5-16(24(31)34-13(3)25)9-18(17)26-22(21)23(30)19-8-15(11-33-19)10-32-14(4)28/h5-6,8-9,11-13,26H,7,10H2,1-4H3,(H,27,29). The molecule has 0 fully saturated rings. The summed E-state index contributed by atoms with van der Waals surface area (Å²) in [5, 5.41) is 3.33. The van der Waals surface area contributed by atoms with E-state index in [0.29, 0.717) is 16.5 Å². The first-order valence-electron chi connectivity index (χ1n) is 10.6. The number of ketones is 1. The number of nitrogens with one attached hydrogen (secondary N) is 2. The van der Waals surface area contributed by atoms with Crippen LogP contribution in [-0.2, 0) is 25.7 Å². The third kappa shape index (κ3) is 6.05. The third-order valence-corrected chi connectivity index (χ3v) is 4.80. The zero-order valence-electron chi connectivity index (χ0n) is 19.2. The van der Waals surface area contributed by atoms with E-state index in [1.54, 1.807) is 6.07 Å². The molecule has 0 aliphatic rings. The first-order valence-corrected chi connectivity index (χ1v) is 11.0. The van der Waals surface area contributed by atoms with Gasteiger partial charge >= 0.3 is 11.9 Å². The van der Waals surface area contributed by atoms with Gasteiger partial charge in [0.1, 0.15) is 12.3 Å². The van der Waals surface area contributed by atoms with Crippen molar-refractivity contribution in [2.24, 2.45) is 5.92 Å². The summed E-state index contributed by atoms with van der Waals surface area (Å²) >= 11 is 5.74. The molecular weight excluding hydrogens is 464 g/mol. The van der Waals surface area contributed by atoms with Gasteiger partial charge in [0.15, 0.2) is 11.3 Å². The summed E-state index contributed by atoms with van der Waals surface area (Å²) < 4.78 is 15.3. The zero-order chi connectivity index (χ0) is 25.0. The van der Waals surface area contributed by atoms with Gasteiger partial charge in [-0.15, -0.1) is 0 Å². The molecule has 0 aliphatic carbocycles. The van der Waals surface area contributed by atoms with Crippen LogP contribution in [0, 0.1) is 5.92 Å². The van der Waals surface area contributed by atoms with Gasteiger partial charge in [-0.2, -0.15) is 0 Å². The zero-order valence-corrected chi connectivity index (χ0v) is 19.9. The molecule has 0 saturated carbocycles. The lowest BCUT2D eigenvalue weighted by Crippen LogP contribution is -2.16. The molecule has 3 aromatic rings. The van der Waals surface area contributed by atoms with Crippen LogP contribution >= 0.6 is 11.6 Å². The molecule has 0 aliphatic heterocycles. The topological polar surface area (TPSA) is 128 Å². The lowest BCUT2D eigenvalue weighted by molar-refractivity contribution is -0.142. The number of aromatic amines is 1. The molecule has 0 bridgehead atoms. The Morgan fingerprint density at radius 3 is 2.53 bits per heavy atom. The van der Waals surface area contributed by atoms with Crippen LogP contribution < -0.4 is 5.32 Å². The molecule has 2 N–H and O–H groups in total. The second kappa shape index (κ2) is 10.6. The monoisotopic (exact) mass is 488 g/mol. The van der Waals surface area contributed by atoms with E-state index >= 15 is 0 Å². The number of carbonyl (C=O) groups is 4. The second-order valence-corrected chi connectivity index (χ2v) is 8.77. The Kier molecular flexibility index (Phi) is 7.78. The maximum Gasteiger partial charge on any atom is 0.339 e. The van der Waals surface area contributed by atoms with Gasteiger partial charge in [0.2, 0.25) is 11.7 Å². The Hall–Kier alpha value is -3.59. The van der Waals surface area contributed by atoms with Crippen LogP contribution in [0.2, 0.25) is 0 Å². The van der Waals surface area contributed by atoms with Gasteiger partial charge in [0, 0.05) is 29.8 Å². The Bertz CT molecular complexity index is 1240. The Morgan fingerprint density at radius 1 is 1.15 bits per heavy atom. The molecule has 2 aromatic heterocycles. The smallest absolute Gasteiger partial charge is 0.339 e. The van der Waals surface area contributed by atoms with Crippen molar-refractivity contribution in [1.29, 1.82) is 0 Å². The first kappa shape index (κ1) is 25.0. The van der Waals surface area contributed by atoms with Gasteiger partial charge in [0.25, 0.3) is 0 Å². The average molecular weight is 489 g/mol. The number of aromatic nitrogens is 1. The molecule has 3 rings (SSSR count). The number of benzene rings is 1. The van der Waals surface area contributed by atoms with Crippen molar-refractivity contribution in [3.8, 4) is 0 Å². The minimum Gasteiger partial charge on any atom is -0.461 e. The van der Waals surface area contributed by atoms with Crippen LogP contribution in [0.3, 0.4) is 0 Å². The van der Waals surface area contributed by atoms with Gasteiger partial charge in [-0.05, 0) is 37.1 Å². The van der Waals surface area contributed by atoms with E-state index in [-0.39, 0.29) is 47.6 Å². The summed E-state index contributed by atoms with van der Waals surface area (Å²) in [6, 6.07) is 6.10. The summed E-state index contributed by atoms with van der Waals surface area (Å²) in [5.41, 5.74) is 0.703. The van der Waals surface area contributed by atoms with Gasteiger partial charge in [-0.1, -0.05) is 25.4 Å². The van der Waals surface area contributed by atoms with E-state index in [1.165, 1.54) is 38.3 Å². The highest BCUT2D eigenvalue weighted by Crippen LogP contribution is 2.31. The lowest BCUT2D eigenvalue weighted by Gasteiger charge is -2.09. The number of amides is 1. The van der Waals surface area contributed by atoms with E-state index in [0.717, 1.165) is 0 Å². The van der Waals surface area contributed by atoms with Gasteiger partial charge in [-0.25, -0.2) is 4.79 Å². The van der Waals surface area contributed by atoms with E-state index in [2.05, 4.69) is 10.3 Å². The highest BCUT2D eigenvalue weighted by molar-refractivity contribution is 6.20. The molecule has 1 atom stereocenters. The van der Waals surface area contributed by atoms with Crippen molar-refractivity contribution in [3.05, 3.63) is 53.1 Å². The molecule has 10 heteroatoms. The quantitative estimate of drug-likeness (QED) is 0.252. The highest BCUT2D eigenvalue weighted by atomic mass is 35.5. The number of hydrogen-bond donors (Lipinski definition) is 2. The lowest BCUT2D eigenvalue weighted by atomic mass is 10.1. The molecule has 1 aromatic carbocycles. The molecule has 9 nitrogen and oxygen atoms in total. The molecule has 1 unspecified atom stereocenters. The number of anilines is 1. The number of furan rings is 1. The number of rotatable bonds is 9. The van der Waals surface area contributed by atoms with Crippen molar-refractivity contribution < 1.29 is 33.1 Å². The fourth-order valence-electron chi connectivity index (χ4n) is 3.28. The fourth-order valence-corrected chi connectivity index (χ4v) is 3.36. The van der Waals surface area contributed by atoms with Crippen LogP contribution in [0.5, 0.6) is 0 Å². The molecule has 34 heavy (non-hydrogen) atoms. The van der Waals surface area contributed by atoms with Crippen molar-refractivity contribution in [1.82, 2.24) is 4.98 Å². The highest BCUT2D eigenvalue weighted by Gasteiger charge is 2.24. The Labute approximate surface area is 200 Å². The number of alkyl halides is 1. The van der Waals surface area contributed by atoms with E-state index in [4.69, 9.17) is 25.5 Å². The molecule has 0 radical (unpaired) electrons. The van der Waals surface area contributed by atoms with Crippen LogP contribution in [0.1, 0.15) is 66.3 Å². The van der Waals surface area contributed by atoms with Crippen LogP contribution in [-0.4, -0.2) is 34.2 Å². The third-order valence-electron chi connectivity index (χ3n) is 4.71. The Balaban J connectivity index is 2.01. The molecule has 180 valence electrons. The summed E-state index contributed by atoms with van der Waals surface area (Å²) in [4.78, 5) is 52.1. The number of ether oxygens (including phenoxy) is 2. The van der Waals surface area contributed by atoms with Crippen LogP contribution in [0.15, 0.2) is 34.9 Å². The maximum absolute atomic E-state index is 13.3. The molecule has 1 amide bonds. The number of esters is 2. The van der Waals surface area contributed by atoms with Crippen LogP contribution in [0.4, 0.5) is 5.69 Å². The number of hydrogen-bond acceptors (Lipinski definition) is 7. The van der Waals surface area contributed by atoms with Gasteiger partial charge in [0.05, 0.1) is 17.5 Å². The number of halogens is 1. The molecule has 0 saturated heterocycles. The Morgan fingerprint density at radius 2 is 1.88 bits per heavy atom. The number of carbonyl (C=O) groups excluding carboxylic acids is 4. The number of fused-ring (bicyclic) bond motifs is 1. The molecule has 0 spiro atoms. The average Bonchev–Trinajstić information content (AvgIpc) is 3.35. The maximum atomic E-state index is 13.3. The summed E-state index contributed by atoms with van der Waals surface area (Å²) in [5.74, 6) is -1.78. The molecular formula is C24H25ClN2O7. The summed E-state index contributed by atoms with van der Waals surface area (Å²) in [6.07, 6.45) is 1.57. The largest absolute Gasteiger partial charge is 0.461 e. The van der Waals surface area contributed by atoms with Gasteiger partial charge < -0.3 is 24.2 Å². The van der Waals surface area contributed by atoms with E-state index in [9.17, 15) is 19.2 Å². The van der Waals surface area contributed by atoms with Crippen molar-refractivity contribution >= 4 is 51.8 Å². The predicted molar refractivity (Wildman–Crippen MR) is 125 cm³/mol. The van der Waals surface area contributed by atoms with E-state index in [1.807, 2.05) is 13.8 Å². The van der Waals surface area contributed by atoms with Crippen molar-refractivity contribution in [2.75, 3.05) is 5.32 Å². The SMILES string of the molecule is CC(=O)OCc1coc(C(=O)c2[nH]c3cc(C(=O)OC(C)Cl)ccc3c2NC(=O)CC(C)C)c1. The second-order valence-electron chi connectivity index (χ2n) is 8.16. The van der Waals surface area contributed by atoms with E-state index < -0.39 is 23.3 Å². The minimum atomic E-state index is -0.810. The number of H-pyrrole nitrogens is 1. The fraction of sp³-hybridized carbons (Fsp3) is 0.333. The normalized spacial score (nSPS) is 11.9. The van der Waals surface area contributed by atoms with Gasteiger partial charge in [-0.3, -0.25) is 14.4 Å². The van der Waals surface area contributed by atoms with Crippen LogP contribution in [0.25, 0.3) is 10.9 Å². The van der Waals surface area contributed by atoms with Crippen molar-refractivity contribution in [2.45, 2.75) is 46.3 Å². The first-order chi connectivity index (χ1) is 16.0. The predicted octanol–water partition coefficient (Wildman–Crippen LogP) is 4.78. The molecule has 2 heterocycles. The summed E-state index contributed by atoms with van der Waals surface area (Å²) in [7, 11) is 0. The van der Waals surface area contributed by atoms with Crippen molar-refractivity contribution in [3.63, 3.8) is 0 Å². The minimum absolute atomic E-state index is 0.0105.